The van der Waals surface area contributed by atoms with Gasteiger partial charge in [-0.1, -0.05) is 15.9 Å². The number of nitrogens with one attached hydrogen (secondary N) is 1. The zero-order valence-corrected chi connectivity index (χ0v) is 18.1. The van der Waals surface area contributed by atoms with Gasteiger partial charge in [0.2, 0.25) is 0 Å². The molecule has 2 aromatic carbocycles. The van der Waals surface area contributed by atoms with E-state index in [1.165, 1.54) is 10.2 Å². The van der Waals surface area contributed by atoms with Gasteiger partial charge in [-0.15, -0.1) is 0 Å². The smallest absolute Gasteiger partial charge is 0.265 e. The van der Waals surface area contributed by atoms with E-state index in [-0.39, 0.29) is 5.56 Å². The maximum atomic E-state index is 13.6. The maximum absolute atomic E-state index is 13.6. The summed E-state index contributed by atoms with van der Waals surface area (Å²) in [6.45, 7) is 3.32. The van der Waals surface area contributed by atoms with E-state index in [2.05, 4.69) is 26.1 Å². The van der Waals surface area contributed by atoms with Crippen molar-refractivity contribution in [3.63, 3.8) is 0 Å². The highest BCUT2D eigenvalue weighted by atomic mass is 79.9. The molecule has 4 rings (SSSR count). The Hall–Kier alpha value is -1.97. The van der Waals surface area contributed by atoms with Crippen LogP contribution in [0.5, 0.6) is 5.75 Å². The number of aromatic nitrogens is 1. The molecule has 0 radical (unpaired) electrons. The maximum Gasteiger partial charge on any atom is 0.265 e. The normalized spacial score (nSPS) is 15.8. The predicted molar refractivity (Wildman–Crippen MR) is 114 cm³/mol. The first-order valence-electron chi connectivity index (χ1n) is 9.14. The van der Waals surface area contributed by atoms with Gasteiger partial charge in [-0.2, -0.15) is 0 Å². The van der Waals surface area contributed by atoms with Crippen LogP contribution in [0, 0.1) is 0 Å². The van der Waals surface area contributed by atoms with Gasteiger partial charge in [-0.3, -0.25) is 3.97 Å². The first-order chi connectivity index (χ1) is 14.0. The topological polar surface area (TPSA) is 46.5 Å². The molecule has 9 heteroatoms. The number of hydrogen-bond donors (Lipinski definition) is 1. The first kappa shape index (κ1) is 20.3. The molecule has 154 valence electrons. The molecule has 1 N–H and O–H groups in total. The molecule has 3 aromatic rings. The molecule has 5 nitrogen and oxygen atoms in total. The SMILES string of the molecule is COc1ccc(S(=O)n2cc(C(F)F)c3cc(Br)ccc32)cc1N1CCNCC1. The Kier molecular flexibility index (Phi) is 5.89. The second kappa shape index (κ2) is 8.41. The van der Waals surface area contributed by atoms with Crippen LogP contribution in [0.3, 0.4) is 0 Å². The lowest BCUT2D eigenvalue weighted by atomic mass is 10.2. The van der Waals surface area contributed by atoms with E-state index < -0.39 is 17.4 Å². The minimum atomic E-state index is -2.66. The van der Waals surface area contributed by atoms with E-state index in [9.17, 15) is 13.0 Å². The summed E-state index contributed by atoms with van der Waals surface area (Å²) in [6.07, 6.45) is -1.37. The van der Waals surface area contributed by atoms with Gasteiger partial charge in [0, 0.05) is 47.8 Å². The third-order valence-corrected chi connectivity index (χ3v) is 6.80. The van der Waals surface area contributed by atoms with E-state index in [0.717, 1.165) is 31.9 Å². The third kappa shape index (κ3) is 3.91. The van der Waals surface area contributed by atoms with E-state index in [0.29, 0.717) is 26.0 Å². The monoisotopic (exact) mass is 483 g/mol. The van der Waals surface area contributed by atoms with E-state index >= 15 is 0 Å². The van der Waals surface area contributed by atoms with Crippen LogP contribution in [0.2, 0.25) is 0 Å². The van der Waals surface area contributed by atoms with E-state index in [4.69, 9.17) is 4.74 Å². The Morgan fingerprint density at radius 2 is 1.93 bits per heavy atom. The van der Waals surface area contributed by atoms with E-state index in [1.807, 2.05) is 6.07 Å². The third-order valence-electron chi connectivity index (χ3n) is 4.99. The Labute approximate surface area is 178 Å². The minimum Gasteiger partial charge on any atom is -0.495 e. The number of hydrogen-bond acceptors (Lipinski definition) is 4. The quantitative estimate of drug-likeness (QED) is 0.586. The van der Waals surface area contributed by atoms with Crippen molar-refractivity contribution >= 4 is 43.5 Å². The number of ether oxygens (including phenoxy) is 1. The Balaban J connectivity index is 1.79. The summed E-state index contributed by atoms with van der Waals surface area (Å²) < 4.78 is 48.1. The highest BCUT2D eigenvalue weighted by molar-refractivity contribution is 9.10. The van der Waals surface area contributed by atoms with Gasteiger partial charge in [-0.05, 0) is 36.4 Å². The van der Waals surface area contributed by atoms with Crippen LogP contribution in [0.1, 0.15) is 12.0 Å². The number of fused-ring (bicyclic) bond motifs is 1. The summed E-state index contributed by atoms with van der Waals surface area (Å²) in [7, 11) is -0.0774. The van der Waals surface area contributed by atoms with Crippen molar-refractivity contribution < 1.29 is 17.7 Å². The van der Waals surface area contributed by atoms with Crippen LogP contribution in [0.25, 0.3) is 10.9 Å². The molecular formula is C20H20BrF2N3O2S. The number of halogens is 3. The molecule has 1 atom stereocenters. The Bertz CT molecular complexity index is 1070. The number of alkyl halides is 2. The molecule has 0 saturated carbocycles. The van der Waals surface area contributed by atoms with Crippen molar-refractivity contribution in [2.45, 2.75) is 11.3 Å². The van der Waals surface area contributed by atoms with Gasteiger partial charge in [0.05, 0.1) is 23.2 Å². The lowest BCUT2D eigenvalue weighted by molar-refractivity contribution is 0.153. The van der Waals surface area contributed by atoms with Crippen molar-refractivity contribution in [3.05, 3.63) is 52.6 Å². The fourth-order valence-electron chi connectivity index (χ4n) is 3.55. The number of nitrogens with zero attached hydrogens (tertiary/aromatic N) is 2. The number of piperazine rings is 1. The van der Waals surface area contributed by atoms with Crippen molar-refractivity contribution in [1.82, 2.24) is 9.29 Å². The van der Waals surface area contributed by atoms with Gasteiger partial charge in [0.15, 0.2) is 11.0 Å². The van der Waals surface area contributed by atoms with Crippen molar-refractivity contribution in [2.24, 2.45) is 0 Å². The molecule has 0 aliphatic carbocycles. The predicted octanol–water partition coefficient (Wildman–Crippen LogP) is 4.33. The standard InChI is InChI=1S/C20H20BrF2N3O2S/c1-28-19-5-3-14(11-18(19)25-8-6-24-7-9-25)29(27)26-12-16(20(22)23)15-10-13(21)2-4-17(15)26/h2-5,10-12,20,24H,6-9H2,1H3. The molecule has 0 bridgehead atoms. The molecule has 1 fully saturated rings. The van der Waals surface area contributed by atoms with Crippen LogP contribution >= 0.6 is 15.9 Å². The van der Waals surface area contributed by atoms with Gasteiger partial charge in [0.25, 0.3) is 6.43 Å². The second-order valence-electron chi connectivity index (χ2n) is 6.69. The fourth-order valence-corrected chi connectivity index (χ4v) is 5.09. The molecule has 0 spiro atoms. The summed E-state index contributed by atoms with van der Waals surface area (Å²) >= 11 is 3.32. The summed E-state index contributed by atoms with van der Waals surface area (Å²) in [5, 5.41) is 3.69. The molecule has 2 heterocycles. The Morgan fingerprint density at radius 3 is 2.62 bits per heavy atom. The molecular weight excluding hydrogens is 464 g/mol. The number of rotatable bonds is 5. The van der Waals surface area contributed by atoms with Crippen molar-refractivity contribution in [3.8, 4) is 5.75 Å². The van der Waals surface area contributed by atoms with Crippen LogP contribution in [-0.2, 0) is 11.0 Å². The summed E-state index contributed by atoms with van der Waals surface area (Å²) in [6, 6.07) is 10.4. The molecule has 1 aliphatic rings. The zero-order chi connectivity index (χ0) is 20.5. The average molecular weight is 484 g/mol. The minimum absolute atomic E-state index is 0.134. The van der Waals surface area contributed by atoms with Crippen LogP contribution < -0.4 is 15.0 Å². The molecule has 1 aliphatic heterocycles. The summed E-state index contributed by atoms with van der Waals surface area (Å²) in [5.41, 5.74) is 1.22. The van der Waals surface area contributed by atoms with Gasteiger partial charge < -0.3 is 15.0 Å². The van der Waals surface area contributed by atoms with Crippen molar-refractivity contribution in [2.75, 3.05) is 38.2 Å². The number of methoxy groups -OCH3 is 1. The molecule has 1 aromatic heterocycles. The number of anilines is 1. The first-order valence-corrected chi connectivity index (χ1v) is 11.0. The van der Waals surface area contributed by atoms with Gasteiger partial charge in [-0.25, -0.2) is 13.0 Å². The van der Waals surface area contributed by atoms with Crippen LogP contribution in [0.15, 0.2) is 52.0 Å². The average Bonchev–Trinajstić information content (AvgIpc) is 3.12. The highest BCUT2D eigenvalue weighted by Crippen LogP contribution is 2.35. The Morgan fingerprint density at radius 1 is 1.17 bits per heavy atom. The molecule has 1 unspecified atom stereocenters. The molecule has 0 amide bonds. The van der Waals surface area contributed by atoms with Crippen molar-refractivity contribution in [1.29, 1.82) is 0 Å². The molecule has 29 heavy (non-hydrogen) atoms. The zero-order valence-electron chi connectivity index (χ0n) is 15.7. The summed E-state index contributed by atoms with van der Waals surface area (Å²) in [4.78, 5) is 2.70. The fraction of sp³-hybridized carbons (Fsp3) is 0.300. The molecule has 1 saturated heterocycles. The number of benzene rings is 2. The van der Waals surface area contributed by atoms with Crippen LogP contribution in [-0.4, -0.2) is 41.5 Å². The van der Waals surface area contributed by atoms with Gasteiger partial charge in [0.1, 0.15) is 5.75 Å². The van der Waals surface area contributed by atoms with Crippen LogP contribution in [0.4, 0.5) is 14.5 Å². The highest BCUT2D eigenvalue weighted by Gasteiger charge is 2.22. The van der Waals surface area contributed by atoms with Gasteiger partial charge >= 0.3 is 0 Å². The summed E-state index contributed by atoms with van der Waals surface area (Å²) in [5.74, 6) is 0.696. The van der Waals surface area contributed by atoms with E-state index in [1.54, 1.807) is 37.4 Å². The lowest BCUT2D eigenvalue weighted by Crippen LogP contribution is -2.43. The lowest BCUT2D eigenvalue weighted by Gasteiger charge is -2.30. The second-order valence-corrected chi connectivity index (χ2v) is 8.97. The largest absolute Gasteiger partial charge is 0.495 e.